The molecule has 2 unspecified atom stereocenters. The van der Waals surface area contributed by atoms with Gasteiger partial charge in [0.2, 0.25) is 0 Å². The smallest absolute Gasteiger partial charge is 0.0916 e. The van der Waals surface area contributed by atoms with Crippen LogP contribution in [-0.4, -0.2) is 16.3 Å². The molecule has 12 heavy (non-hydrogen) atoms. The highest BCUT2D eigenvalue weighted by Crippen LogP contribution is 2.24. The minimum absolute atomic E-state index is 0.297. The van der Waals surface area contributed by atoms with Crippen LogP contribution in [0.1, 0.15) is 34.1 Å². The van der Waals surface area contributed by atoms with E-state index >= 15 is 0 Å². The maximum absolute atomic E-state index is 7.14. The molecule has 2 nitrogen and oxygen atoms in total. The fourth-order valence-electron chi connectivity index (χ4n) is 0.881. The molecule has 0 spiro atoms. The Morgan fingerprint density at radius 2 is 1.83 bits per heavy atom. The fourth-order valence-corrected chi connectivity index (χ4v) is 2.20. The summed E-state index contributed by atoms with van der Waals surface area (Å²) in [5.74, 6) is 0.996. The first-order valence-corrected chi connectivity index (χ1v) is 5.36. The average molecular weight is 188 g/mol. The highest BCUT2D eigenvalue weighted by molar-refractivity contribution is 8.00. The van der Waals surface area contributed by atoms with Crippen molar-refractivity contribution < 1.29 is 0 Å². The molecule has 0 fully saturated rings. The molecule has 0 aromatic rings. The molecule has 3 heteroatoms. The van der Waals surface area contributed by atoms with E-state index in [0.717, 1.165) is 0 Å². The highest BCUT2D eigenvalue weighted by Gasteiger charge is 2.12. The monoisotopic (exact) mass is 188 g/mol. The van der Waals surface area contributed by atoms with Crippen molar-refractivity contribution in [1.82, 2.24) is 0 Å². The summed E-state index contributed by atoms with van der Waals surface area (Å²) in [5, 5.41) is 8.27. The molecule has 0 saturated heterocycles. The Bertz CT molecular complexity index is 145. The molecule has 0 aliphatic rings. The Morgan fingerprint density at radius 3 is 2.17 bits per heavy atom. The normalized spacial score (nSPS) is 16.1. The quantitative estimate of drug-likeness (QED) is 0.514. The lowest BCUT2D eigenvalue weighted by atomic mass is 10.2. The van der Waals surface area contributed by atoms with Crippen molar-refractivity contribution >= 4 is 17.6 Å². The lowest BCUT2D eigenvalue weighted by Crippen LogP contribution is -2.18. The number of thioether (sulfide) groups is 1. The second-order valence-corrected chi connectivity index (χ2v) is 5.45. The van der Waals surface area contributed by atoms with Crippen molar-refractivity contribution in [2.45, 2.75) is 44.6 Å². The van der Waals surface area contributed by atoms with Gasteiger partial charge in [-0.3, -0.25) is 5.41 Å². The minimum Gasteiger partial charge on any atom is -0.388 e. The first kappa shape index (κ1) is 11.8. The van der Waals surface area contributed by atoms with E-state index in [4.69, 9.17) is 11.1 Å². The molecule has 0 radical (unpaired) electrons. The van der Waals surface area contributed by atoms with Gasteiger partial charge in [-0.25, -0.2) is 0 Å². The molecule has 0 aliphatic carbocycles. The van der Waals surface area contributed by atoms with Crippen LogP contribution in [0, 0.1) is 11.3 Å². The Kier molecular flexibility index (Phi) is 5.38. The van der Waals surface area contributed by atoms with E-state index in [2.05, 4.69) is 27.7 Å². The summed E-state index contributed by atoms with van der Waals surface area (Å²) in [6.07, 6.45) is 0.710. The molecule has 0 heterocycles. The summed E-state index contributed by atoms with van der Waals surface area (Å²) in [6, 6.07) is 0. The van der Waals surface area contributed by atoms with Crippen LogP contribution in [0.4, 0.5) is 0 Å². The molecular formula is C9H20N2S. The fraction of sp³-hybridized carbons (Fsp3) is 0.889. The van der Waals surface area contributed by atoms with E-state index in [1.165, 1.54) is 0 Å². The van der Waals surface area contributed by atoms with Crippen LogP contribution in [0.3, 0.4) is 0 Å². The van der Waals surface area contributed by atoms with Gasteiger partial charge in [0.05, 0.1) is 5.84 Å². The summed E-state index contributed by atoms with van der Waals surface area (Å²) in [7, 11) is 0. The van der Waals surface area contributed by atoms with E-state index in [0.29, 0.717) is 28.7 Å². The zero-order valence-electron chi connectivity index (χ0n) is 8.42. The van der Waals surface area contributed by atoms with Gasteiger partial charge >= 0.3 is 0 Å². The molecule has 0 aliphatic heterocycles. The summed E-state index contributed by atoms with van der Waals surface area (Å²) >= 11 is 1.92. The third kappa shape index (κ3) is 5.47. The first-order chi connectivity index (χ1) is 5.43. The van der Waals surface area contributed by atoms with Gasteiger partial charge < -0.3 is 5.73 Å². The second-order valence-electron chi connectivity index (χ2n) is 3.63. The molecule has 3 N–H and O–H groups in total. The van der Waals surface area contributed by atoms with Gasteiger partial charge in [-0.1, -0.05) is 27.7 Å². The van der Waals surface area contributed by atoms with Crippen LogP contribution < -0.4 is 5.73 Å². The maximum atomic E-state index is 7.14. The summed E-state index contributed by atoms with van der Waals surface area (Å²) in [4.78, 5) is 0. The van der Waals surface area contributed by atoms with Crippen molar-refractivity contribution in [2.75, 3.05) is 0 Å². The third-order valence-electron chi connectivity index (χ3n) is 1.89. The highest BCUT2D eigenvalue weighted by atomic mass is 32.2. The number of nitrogens with one attached hydrogen (secondary N) is 1. The lowest BCUT2D eigenvalue weighted by Gasteiger charge is -2.19. The SMILES string of the molecule is CC(CC(=N)N)SC(C)C(C)C. The second kappa shape index (κ2) is 5.46. The van der Waals surface area contributed by atoms with Crippen LogP contribution in [-0.2, 0) is 0 Å². The van der Waals surface area contributed by atoms with E-state index < -0.39 is 0 Å². The van der Waals surface area contributed by atoms with Gasteiger partial charge in [-0.2, -0.15) is 11.8 Å². The molecular weight excluding hydrogens is 168 g/mol. The van der Waals surface area contributed by atoms with Gasteiger partial charge in [-0.15, -0.1) is 0 Å². The van der Waals surface area contributed by atoms with E-state index in [-0.39, 0.29) is 0 Å². The summed E-state index contributed by atoms with van der Waals surface area (Å²) in [6.45, 7) is 8.80. The number of hydrogen-bond donors (Lipinski definition) is 2. The van der Waals surface area contributed by atoms with Crippen molar-refractivity contribution in [1.29, 1.82) is 5.41 Å². The molecule has 0 aromatic carbocycles. The third-order valence-corrected chi connectivity index (χ3v) is 3.50. The minimum atomic E-state index is 0.297. The Labute approximate surface area is 79.8 Å². The Hall–Kier alpha value is -0.180. The molecule has 2 atom stereocenters. The summed E-state index contributed by atoms with van der Waals surface area (Å²) < 4.78 is 0. The molecule has 0 aromatic heterocycles. The standard InChI is InChI=1S/C9H20N2S/c1-6(2)8(4)12-7(3)5-9(10)11/h6-8H,5H2,1-4H3,(H3,10,11). The van der Waals surface area contributed by atoms with Gasteiger partial charge in [0.1, 0.15) is 0 Å². The number of hydrogen-bond acceptors (Lipinski definition) is 2. The number of rotatable bonds is 5. The van der Waals surface area contributed by atoms with Crippen molar-refractivity contribution in [2.24, 2.45) is 11.7 Å². The Balaban J connectivity index is 3.68. The number of amidine groups is 1. The topological polar surface area (TPSA) is 49.9 Å². The van der Waals surface area contributed by atoms with Crippen LogP contribution in [0.2, 0.25) is 0 Å². The van der Waals surface area contributed by atoms with Gasteiger partial charge in [-0.05, 0) is 5.92 Å². The number of nitrogens with two attached hydrogens (primary N) is 1. The molecule has 72 valence electrons. The maximum Gasteiger partial charge on any atom is 0.0916 e. The average Bonchev–Trinajstić information content (AvgIpc) is 1.84. The molecule has 0 bridgehead atoms. The molecule has 0 rings (SSSR count). The van der Waals surface area contributed by atoms with Crippen molar-refractivity contribution in [3.63, 3.8) is 0 Å². The van der Waals surface area contributed by atoms with Crippen molar-refractivity contribution in [3.8, 4) is 0 Å². The lowest BCUT2D eigenvalue weighted by molar-refractivity contribution is 0.639. The Morgan fingerprint density at radius 1 is 1.33 bits per heavy atom. The summed E-state index contributed by atoms with van der Waals surface area (Å²) in [5.41, 5.74) is 5.32. The predicted octanol–water partition coefficient (Wildman–Crippen LogP) is 2.48. The molecule has 0 amide bonds. The zero-order valence-corrected chi connectivity index (χ0v) is 9.24. The van der Waals surface area contributed by atoms with Crippen LogP contribution in [0.25, 0.3) is 0 Å². The predicted molar refractivity (Wildman–Crippen MR) is 57.9 cm³/mol. The van der Waals surface area contributed by atoms with Crippen LogP contribution in [0.5, 0.6) is 0 Å². The van der Waals surface area contributed by atoms with Crippen LogP contribution >= 0.6 is 11.8 Å². The van der Waals surface area contributed by atoms with E-state index in [1.807, 2.05) is 11.8 Å². The van der Waals surface area contributed by atoms with Crippen LogP contribution in [0.15, 0.2) is 0 Å². The van der Waals surface area contributed by atoms with Gasteiger partial charge in [0, 0.05) is 16.9 Å². The molecule has 0 saturated carbocycles. The van der Waals surface area contributed by atoms with E-state index in [9.17, 15) is 0 Å². The van der Waals surface area contributed by atoms with E-state index in [1.54, 1.807) is 0 Å². The van der Waals surface area contributed by atoms with Gasteiger partial charge in [0.25, 0.3) is 0 Å². The largest absolute Gasteiger partial charge is 0.388 e. The first-order valence-electron chi connectivity index (χ1n) is 4.41. The zero-order chi connectivity index (χ0) is 9.72. The van der Waals surface area contributed by atoms with Crippen molar-refractivity contribution in [3.05, 3.63) is 0 Å². The van der Waals surface area contributed by atoms with Gasteiger partial charge in [0.15, 0.2) is 0 Å².